The van der Waals surface area contributed by atoms with Crippen molar-refractivity contribution >= 4 is 11.9 Å². The Labute approximate surface area is 105 Å². The molecule has 1 radical (unpaired) electrons. The van der Waals surface area contributed by atoms with Crippen LogP contribution in [0.1, 0.15) is 5.56 Å². The average molecular weight is 251 g/mol. The number of benzene rings is 1. The van der Waals surface area contributed by atoms with E-state index in [-0.39, 0.29) is 0 Å². The molecule has 0 fully saturated rings. The van der Waals surface area contributed by atoms with E-state index < -0.39 is 18.0 Å². The van der Waals surface area contributed by atoms with Gasteiger partial charge in [-0.2, -0.15) is 0 Å². The first kappa shape index (κ1) is 14.1. The molecule has 0 aliphatic carbocycles. The standard InChI is InChI=1S/C12H15N2O4/c1-18-14(12(13)17)11(16)10(15)8-7-9-5-3-2-4-6-9/h2-6,8,10,15H,7H2,1H3,(H2,13,17). The molecule has 3 N–H and O–H groups in total. The van der Waals surface area contributed by atoms with Gasteiger partial charge in [0.2, 0.25) is 0 Å². The lowest BCUT2D eigenvalue weighted by Crippen LogP contribution is -2.45. The SMILES string of the molecule is CON(C(N)=O)C(=O)C(O)[CH]Cc1ccccc1. The summed E-state index contributed by atoms with van der Waals surface area (Å²) in [6.07, 6.45) is 0.314. The van der Waals surface area contributed by atoms with E-state index in [1.807, 2.05) is 30.3 Å². The Kier molecular flexibility index (Phi) is 5.29. The molecule has 1 aromatic carbocycles. The number of rotatable bonds is 5. The van der Waals surface area contributed by atoms with E-state index in [2.05, 4.69) is 4.84 Å². The van der Waals surface area contributed by atoms with Crippen LogP contribution in [-0.2, 0) is 16.1 Å². The van der Waals surface area contributed by atoms with Crippen LogP contribution < -0.4 is 5.73 Å². The van der Waals surface area contributed by atoms with E-state index in [1.54, 1.807) is 0 Å². The largest absolute Gasteiger partial charge is 0.383 e. The minimum atomic E-state index is -1.45. The van der Waals surface area contributed by atoms with Gasteiger partial charge in [-0.1, -0.05) is 30.3 Å². The molecule has 6 nitrogen and oxygen atoms in total. The quantitative estimate of drug-likeness (QED) is 0.734. The summed E-state index contributed by atoms with van der Waals surface area (Å²) in [5, 5.41) is 9.91. The summed E-state index contributed by atoms with van der Waals surface area (Å²) >= 11 is 0. The van der Waals surface area contributed by atoms with E-state index in [1.165, 1.54) is 6.42 Å². The Bertz CT molecular complexity index is 408. The number of aliphatic hydroxyl groups excluding tert-OH is 1. The molecule has 1 aromatic rings. The van der Waals surface area contributed by atoms with Gasteiger partial charge < -0.3 is 10.8 Å². The van der Waals surface area contributed by atoms with Crippen molar-refractivity contribution in [2.45, 2.75) is 12.5 Å². The van der Waals surface area contributed by atoms with Crippen molar-refractivity contribution in [2.75, 3.05) is 7.11 Å². The summed E-state index contributed by atoms with van der Waals surface area (Å²) in [4.78, 5) is 26.9. The fourth-order valence-electron chi connectivity index (χ4n) is 1.37. The number of imide groups is 1. The summed E-state index contributed by atoms with van der Waals surface area (Å²) in [6, 6.07) is 8.20. The lowest BCUT2D eigenvalue weighted by Gasteiger charge is -2.18. The van der Waals surface area contributed by atoms with Crippen molar-refractivity contribution < 1.29 is 19.5 Å². The molecule has 6 heteroatoms. The second kappa shape index (κ2) is 6.73. The number of nitrogens with two attached hydrogens (primary N) is 1. The van der Waals surface area contributed by atoms with Crippen molar-refractivity contribution in [1.29, 1.82) is 0 Å². The zero-order valence-corrected chi connectivity index (χ0v) is 9.95. The van der Waals surface area contributed by atoms with Gasteiger partial charge in [0, 0.05) is 6.42 Å². The molecule has 3 amide bonds. The number of amides is 3. The van der Waals surface area contributed by atoms with Crippen LogP contribution in [0.4, 0.5) is 4.79 Å². The Morgan fingerprint density at radius 1 is 1.44 bits per heavy atom. The van der Waals surface area contributed by atoms with Gasteiger partial charge in [-0.25, -0.2) is 4.79 Å². The molecule has 0 aliphatic rings. The van der Waals surface area contributed by atoms with E-state index in [9.17, 15) is 14.7 Å². The summed E-state index contributed by atoms with van der Waals surface area (Å²) in [5.41, 5.74) is 5.85. The molecular formula is C12H15N2O4. The first-order chi connectivity index (χ1) is 8.56. The maximum Gasteiger partial charge on any atom is 0.346 e. The third-order valence-electron chi connectivity index (χ3n) is 2.26. The molecule has 0 aliphatic heterocycles. The third kappa shape index (κ3) is 3.83. The summed E-state index contributed by atoms with van der Waals surface area (Å²) < 4.78 is 0. The Morgan fingerprint density at radius 3 is 2.56 bits per heavy atom. The number of carbonyl (C=O) groups is 2. The monoisotopic (exact) mass is 251 g/mol. The number of urea groups is 1. The van der Waals surface area contributed by atoms with Crippen LogP contribution in [0.3, 0.4) is 0 Å². The highest BCUT2D eigenvalue weighted by Gasteiger charge is 2.26. The molecule has 0 aromatic heterocycles. The molecule has 1 atom stereocenters. The van der Waals surface area contributed by atoms with Crippen molar-refractivity contribution in [1.82, 2.24) is 5.06 Å². The van der Waals surface area contributed by atoms with Crippen LogP contribution in [0.15, 0.2) is 30.3 Å². The van der Waals surface area contributed by atoms with Gasteiger partial charge in [-0.3, -0.25) is 9.63 Å². The smallest absolute Gasteiger partial charge is 0.346 e. The Balaban J connectivity index is 2.52. The highest BCUT2D eigenvalue weighted by Crippen LogP contribution is 2.06. The highest BCUT2D eigenvalue weighted by atomic mass is 16.7. The first-order valence-electron chi connectivity index (χ1n) is 5.29. The van der Waals surface area contributed by atoms with Crippen LogP contribution in [-0.4, -0.2) is 35.3 Å². The van der Waals surface area contributed by atoms with Gasteiger partial charge in [0.1, 0.15) is 6.10 Å². The molecule has 0 heterocycles. The summed E-state index contributed by atoms with van der Waals surface area (Å²) in [6.45, 7) is 0. The normalized spacial score (nSPS) is 11.9. The summed E-state index contributed by atoms with van der Waals surface area (Å²) in [5.74, 6) is -0.916. The number of primary amides is 1. The van der Waals surface area contributed by atoms with Gasteiger partial charge in [0.05, 0.1) is 7.11 Å². The maximum atomic E-state index is 11.6. The van der Waals surface area contributed by atoms with Gasteiger partial charge in [0.15, 0.2) is 0 Å². The van der Waals surface area contributed by atoms with E-state index >= 15 is 0 Å². The minimum absolute atomic E-state index is 0.312. The fraction of sp³-hybridized carbons (Fsp3) is 0.250. The average Bonchev–Trinajstić information content (AvgIpc) is 2.37. The molecule has 1 unspecified atom stereocenters. The number of carbonyl (C=O) groups excluding carboxylic acids is 2. The fourth-order valence-corrected chi connectivity index (χ4v) is 1.37. The molecule has 0 spiro atoms. The second-order valence-corrected chi connectivity index (χ2v) is 3.52. The molecule has 0 saturated carbocycles. The summed E-state index contributed by atoms with van der Waals surface area (Å²) in [7, 11) is 1.12. The van der Waals surface area contributed by atoms with Crippen LogP contribution in [0.25, 0.3) is 0 Å². The predicted molar refractivity (Wildman–Crippen MR) is 63.9 cm³/mol. The molecule has 18 heavy (non-hydrogen) atoms. The lowest BCUT2D eigenvalue weighted by atomic mass is 10.1. The number of nitrogens with zero attached hydrogens (tertiary/aromatic N) is 1. The van der Waals surface area contributed by atoms with Gasteiger partial charge in [-0.15, -0.1) is 5.06 Å². The first-order valence-corrected chi connectivity index (χ1v) is 5.29. The zero-order valence-electron chi connectivity index (χ0n) is 9.95. The third-order valence-corrected chi connectivity index (χ3v) is 2.26. The van der Waals surface area contributed by atoms with Gasteiger partial charge in [-0.05, 0) is 12.0 Å². The van der Waals surface area contributed by atoms with Crippen LogP contribution in [0.2, 0.25) is 0 Å². The van der Waals surface area contributed by atoms with E-state index in [4.69, 9.17) is 5.73 Å². The maximum absolute atomic E-state index is 11.6. The van der Waals surface area contributed by atoms with Crippen LogP contribution >= 0.6 is 0 Å². The highest BCUT2D eigenvalue weighted by molar-refractivity contribution is 5.95. The lowest BCUT2D eigenvalue weighted by molar-refractivity contribution is -0.167. The molecular weight excluding hydrogens is 236 g/mol. The second-order valence-electron chi connectivity index (χ2n) is 3.52. The number of hydrogen-bond acceptors (Lipinski definition) is 4. The molecule has 1 rings (SSSR count). The van der Waals surface area contributed by atoms with Crippen LogP contribution in [0.5, 0.6) is 0 Å². The number of aliphatic hydroxyl groups is 1. The molecule has 0 saturated heterocycles. The Morgan fingerprint density at radius 2 is 2.06 bits per heavy atom. The van der Waals surface area contributed by atoms with Crippen molar-refractivity contribution in [3.05, 3.63) is 42.3 Å². The predicted octanol–water partition coefficient (Wildman–Crippen LogP) is 0.263. The van der Waals surface area contributed by atoms with E-state index in [0.29, 0.717) is 11.5 Å². The van der Waals surface area contributed by atoms with Gasteiger partial charge in [0.25, 0.3) is 5.91 Å². The van der Waals surface area contributed by atoms with E-state index in [0.717, 1.165) is 12.7 Å². The van der Waals surface area contributed by atoms with Crippen molar-refractivity contribution in [3.8, 4) is 0 Å². The molecule has 0 bridgehead atoms. The minimum Gasteiger partial charge on any atom is -0.383 e. The zero-order chi connectivity index (χ0) is 13.5. The number of hydrogen-bond donors (Lipinski definition) is 2. The van der Waals surface area contributed by atoms with Crippen molar-refractivity contribution in [2.24, 2.45) is 5.73 Å². The molecule has 97 valence electrons. The van der Waals surface area contributed by atoms with Gasteiger partial charge >= 0.3 is 6.03 Å². The Hall–Kier alpha value is -1.92. The topological polar surface area (TPSA) is 92.9 Å². The van der Waals surface area contributed by atoms with Crippen molar-refractivity contribution in [3.63, 3.8) is 0 Å². The number of hydroxylamine groups is 2. The van der Waals surface area contributed by atoms with Crippen LogP contribution in [0, 0.1) is 6.42 Å².